The first-order chi connectivity index (χ1) is 12.6. The van der Waals surface area contributed by atoms with Gasteiger partial charge in [0.1, 0.15) is 6.26 Å². The SMILES string of the molecule is CC[C@H](C)NC(=O)c1coc(CN2CCN(Cc3ccccc3)CC2)n1. The molecule has 0 aliphatic carbocycles. The molecule has 0 bridgehead atoms. The third-order valence-electron chi connectivity index (χ3n) is 4.85. The van der Waals surface area contributed by atoms with Crippen LogP contribution in [0, 0.1) is 0 Å². The first kappa shape index (κ1) is 18.6. The number of aromatic nitrogens is 1. The molecule has 2 aromatic rings. The normalized spacial score (nSPS) is 17.2. The zero-order valence-electron chi connectivity index (χ0n) is 15.6. The lowest BCUT2D eigenvalue weighted by molar-refractivity contribution is 0.0934. The largest absolute Gasteiger partial charge is 0.447 e. The topological polar surface area (TPSA) is 61.6 Å². The Labute approximate surface area is 155 Å². The molecule has 0 saturated carbocycles. The van der Waals surface area contributed by atoms with E-state index in [-0.39, 0.29) is 11.9 Å². The lowest BCUT2D eigenvalue weighted by atomic mass is 10.2. The quantitative estimate of drug-likeness (QED) is 0.826. The van der Waals surface area contributed by atoms with Crippen LogP contribution in [0.2, 0.25) is 0 Å². The second-order valence-electron chi connectivity index (χ2n) is 6.95. The van der Waals surface area contributed by atoms with E-state index in [2.05, 4.69) is 50.4 Å². The number of carbonyl (C=O) groups is 1. The minimum Gasteiger partial charge on any atom is -0.447 e. The minimum atomic E-state index is -0.165. The molecule has 1 aliphatic rings. The number of hydrogen-bond acceptors (Lipinski definition) is 5. The third kappa shape index (κ3) is 5.16. The van der Waals surface area contributed by atoms with E-state index < -0.39 is 0 Å². The Morgan fingerprint density at radius 1 is 1.15 bits per heavy atom. The van der Waals surface area contributed by atoms with Gasteiger partial charge in [-0.25, -0.2) is 4.98 Å². The summed E-state index contributed by atoms with van der Waals surface area (Å²) in [5.41, 5.74) is 1.72. The van der Waals surface area contributed by atoms with Crippen molar-refractivity contribution >= 4 is 5.91 Å². The van der Waals surface area contributed by atoms with Crippen LogP contribution in [0.15, 0.2) is 41.0 Å². The molecule has 2 heterocycles. The van der Waals surface area contributed by atoms with E-state index in [0.29, 0.717) is 18.1 Å². The zero-order chi connectivity index (χ0) is 18.4. The fraction of sp³-hybridized carbons (Fsp3) is 0.500. The van der Waals surface area contributed by atoms with Crippen LogP contribution in [0.5, 0.6) is 0 Å². The highest BCUT2D eigenvalue weighted by atomic mass is 16.3. The van der Waals surface area contributed by atoms with Crippen molar-refractivity contribution < 1.29 is 9.21 Å². The Balaban J connectivity index is 1.45. The van der Waals surface area contributed by atoms with Crippen LogP contribution in [0.1, 0.15) is 42.2 Å². The summed E-state index contributed by atoms with van der Waals surface area (Å²) in [4.78, 5) is 21.2. The summed E-state index contributed by atoms with van der Waals surface area (Å²) in [7, 11) is 0. The van der Waals surface area contributed by atoms with Crippen LogP contribution in [0.25, 0.3) is 0 Å². The molecule has 1 aromatic heterocycles. The number of nitrogens with zero attached hydrogens (tertiary/aromatic N) is 3. The summed E-state index contributed by atoms with van der Waals surface area (Å²) in [6, 6.07) is 10.7. The summed E-state index contributed by atoms with van der Waals surface area (Å²) in [6.45, 7) is 9.66. The van der Waals surface area contributed by atoms with Crippen LogP contribution in [-0.2, 0) is 13.1 Å². The van der Waals surface area contributed by atoms with Gasteiger partial charge in [0.2, 0.25) is 5.89 Å². The molecule has 0 unspecified atom stereocenters. The maximum atomic E-state index is 12.1. The number of rotatable bonds is 7. The summed E-state index contributed by atoms with van der Waals surface area (Å²) in [5, 5.41) is 2.91. The molecule has 3 rings (SSSR count). The minimum absolute atomic E-state index is 0.139. The molecule has 0 radical (unpaired) electrons. The van der Waals surface area contributed by atoms with E-state index in [1.54, 1.807) is 0 Å². The number of benzene rings is 1. The Morgan fingerprint density at radius 2 is 1.81 bits per heavy atom. The van der Waals surface area contributed by atoms with Crippen LogP contribution in [0.3, 0.4) is 0 Å². The third-order valence-corrected chi connectivity index (χ3v) is 4.85. The van der Waals surface area contributed by atoms with Crippen molar-refractivity contribution in [1.29, 1.82) is 0 Å². The van der Waals surface area contributed by atoms with Gasteiger partial charge in [-0.3, -0.25) is 14.6 Å². The van der Waals surface area contributed by atoms with Gasteiger partial charge in [-0.2, -0.15) is 0 Å². The molecule has 6 heteroatoms. The monoisotopic (exact) mass is 356 g/mol. The Bertz CT molecular complexity index is 693. The molecule has 0 spiro atoms. The van der Waals surface area contributed by atoms with Gasteiger partial charge >= 0.3 is 0 Å². The van der Waals surface area contributed by atoms with Gasteiger partial charge < -0.3 is 9.73 Å². The molecule has 26 heavy (non-hydrogen) atoms. The van der Waals surface area contributed by atoms with Crippen LogP contribution in [0.4, 0.5) is 0 Å². The molecular weight excluding hydrogens is 328 g/mol. The summed E-state index contributed by atoms with van der Waals surface area (Å²) in [6.07, 6.45) is 2.35. The Morgan fingerprint density at radius 3 is 2.46 bits per heavy atom. The van der Waals surface area contributed by atoms with Gasteiger partial charge in [-0.1, -0.05) is 37.3 Å². The van der Waals surface area contributed by atoms with E-state index in [1.165, 1.54) is 11.8 Å². The van der Waals surface area contributed by atoms with E-state index in [4.69, 9.17) is 4.42 Å². The van der Waals surface area contributed by atoms with E-state index in [0.717, 1.165) is 39.1 Å². The number of nitrogens with one attached hydrogen (secondary N) is 1. The van der Waals surface area contributed by atoms with Gasteiger partial charge in [-0.15, -0.1) is 0 Å². The van der Waals surface area contributed by atoms with Crippen molar-refractivity contribution in [2.24, 2.45) is 0 Å². The summed E-state index contributed by atoms with van der Waals surface area (Å²) >= 11 is 0. The predicted octanol–water partition coefficient (Wildman–Crippen LogP) is 2.52. The first-order valence-electron chi connectivity index (χ1n) is 9.38. The number of piperazine rings is 1. The zero-order valence-corrected chi connectivity index (χ0v) is 15.6. The van der Waals surface area contributed by atoms with E-state index in [1.807, 2.05) is 13.8 Å². The molecule has 6 nitrogen and oxygen atoms in total. The van der Waals surface area contributed by atoms with Gasteiger partial charge in [0, 0.05) is 38.8 Å². The number of carbonyl (C=O) groups excluding carboxylic acids is 1. The van der Waals surface area contributed by atoms with Crippen molar-refractivity contribution in [2.45, 2.75) is 39.4 Å². The van der Waals surface area contributed by atoms with E-state index >= 15 is 0 Å². The second-order valence-corrected chi connectivity index (χ2v) is 6.95. The van der Waals surface area contributed by atoms with Gasteiger partial charge in [0.25, 0.3) is 5.91 Å². The molecule has 1 aromatic carbocycles. The Kier molecular flexibility index (Phi) is 6.41. The average molecular weight is 356 g/mol. The standard InChI is InChI=1S/C20H28N4O2/c1-3-16(2)21-20(25)18-15-26-19(22-18)14-24-11-9-23(10-12-24)13-17-7-5-4-6-8-17/h4-8,15-16H,3,9-14H2,1-2H3,(H,21,25)/t16-/m0/s1. The number of amides is 1. The molecule has 140 valence electrons. The first-order valence-corrected chi connectivity index (χ1v) is 9.38. The molecule has 1 N–H and O–H groups in total. The summed E-state index contributed by atoms with van der Waals surface area (Å²) < 4.78 is 5.50. The molecule has 1 amide bonds. The maximum Gasteiger partial charge on any atom is 0.273 e. The highest BCUT2D eigenvalue weighted by molar-refractivity contribution is 5.92. The number of hydrogen-bond donors (Lipinski definition) is 1. The van der Waals surface area contributed by atoms with Crippen molar-refractivity contribution in [3.63, 3.8) is 0 Å². The average Bonchev–Trinajstić information content (AvgIpc) is 3.13. The summed E-state index contributed by atoms with van der Waals surface area (Å²) in [5.74, 6) is 0.442. The van der Waals surface area contributed by atoms with Crippen LogP contribution >= 0.6 is 0 Å². The second kappa shape index (κ2) is 8.96. The lowest BCUT2D eigenvalue weighted by Crippen LogP contribution is -2.45. The predicted molar refractivity (Wildman–Crippen MR) is 101 cm³/mol. The highest BCUT2D eigenvalue weighted by Gasteiger charge is 2.20. The number of oxazole rings is 1. The maximum absolute atomic E-state index is 12.1. The van der Waals surface area contributed by atoms with E-state index in [9.17, 15) is 4.79 Å². The molecule has 1 fully saturated rings. The molecular formula is C20H28N4O2. The van der Waals surface area contributed by atoms with Crippen LogP contribution in [-0.4, -0.2) is 52.9 Å². The van der Waals surface area contributed by atoms with Gasteiger partial charge in [0.05, 0.1) is 6.54 Å². The molecule has 1 saturated heterocycles. The Hall–Kier alpha value is -2.18. The fourth-order valence-corrected chi connectivity index (χ4v) is 3.03. The van der Waals surface area contributed by atoms with Crippen molar-refractivity contribution in [1.82, 2.24) is 20.1 Å². The smallest absolute Gasteiger partial charge is 0.273 e. The van der Waals surface area contributed by atoms with Crippen molar-refractivity contribution in [3.8, 4) is 0 Å². The lowest BCUT2D eigenvalue weighted by Gasteiger charge is -2.34. The van der Waals surface area contributed by atoms with Gasteiger partial charge in [-0.05, 0) is 18.9 Å². The highest BCUT2D eigenvalue weighted by Crippen LogP contribution is 2.12. The van der Waals surface area contributed by atoms with Gasteiger partial charge in [0.15, 0.2) is 5.69 Å². The fourth-order valence-electron chi connectivity index (χ4n) is 3.03. The molecule has 1 aliphatic heterocycles. The molecule has 1 atom stereocenters. The van der Waals surface area contributed by atoms with Crippen molar-refractivity contribution in [2.75, 3.05) is 26.2 Å². The van der Waals surface area contributed by atoms with Crippen molar-refractivity contribution in [3.05, 3.63) is 53.7 Å². The van der Waals surface area contributed by atoms with Crippen LogP contribution < -0.4 is 5.32 Å².